The number of piperazine rings is 1. The number of nitrogens with zero attached hydrogens (tertiary/aromatic N) is 4. The lowest BCUT2D eigenvalue weighted by atomic mass is 9.71. The summed E-state index contributed by atoms with van der Waals surface area (Å²) in [5.41, 5.74) is 0.604. The predicted octanol–water partition coefficient (Wildman–Crippen LogP) is 6.46. The predicted molar refractivity (Wildman–Crippen MR) is 176 cm³/mol. The number of benzene rings is 2. The summed E-state index contributed by atoms with van der Waals surface area (Å²) in [6.45, 7) is 13.1. The first-order chi connectivity index (χ1) is 21.2. The third kappa shape index (κ3) is 5.89. The van der Waals surface area contributed by atoms with Gasteiger partial charge in [0, 0.05) is 53.1 Å². The first-order valence-electron chi connectivity index (χ1n) is 15.0. The van der Waals surface area contributed by atoms with Gasteiger partial charge in [0.05, 0.1) is 12.2 Å². The molecular formula is C34H39Cl2N5O4. The zero-order valence-electron chi connectivity index (χ0n) is 26.4. The zero-order valence-corrected chi connectivity index (χ0v) is 27.9. The Hall–Kier alpha value is -3.66. The summed E-state index contributed by atoms with van der Waals surface area (Å²) in [6, 6.07) is 15.5. The van der Waals surface area contributed by atoms with Crippen LogP contribution in [0.2, 0.25) is 10.0 Å². The minimum absolute atomic E-state index is 0.00810. The molecule has 0 aliphatic carbocycles. The molecule has 2 aliphatic rings. The molecule has 0 bridgehead atoms. The van der Waals surface area contributed by atoms with E-state index in [1.807, 2.05) is 63.2 Å². The number of urea groups is 1. The second-order valence-electron chi connectivity index (χ2n) is 12.8. The summed E-state index contributed by atoms with van der Waals surface area (Å²) in [7, 11) is 0. The first kappa shape index (κ1) is 32.7. The summed E-state index contributed by atoms with van der Waals surface area (Å²) in [5, 5.41) is 13.9. The molecule has 9 nitrogen and oxygen atoms in total. The normalized spacial score (nSPS) is 23.6. The molecule has 1 fully saturated rings. The van der Waals surface area contributed by atoms with Crippen LogP contribution >= 0.6 is 23.2 Å². The third-order valence-corrected chi connectivity index (χ3v) is 9.36. The molecule has 238 valence electrons. The van der Waals surface area contributed by atoms with E-state index in [4.69, 9.17) is 37.9 Å². The number of hydrogen-bond acceptors (Lipinski definition) is 6. The van der Waals surface area contributed by atoms with Crippen molar-refractivity contribution in [3.8, 4) is 5.75 Å². The number of aliphatic imine (C=N–C) groups is 1. The van der Waals surface area contributed by atoms with E-state index in [-0.39, 0.29) is 18.0 Å². The number of aliphatic carboxylic acids is 1. The number of ether oxygens (including phenoxy) is 1. The van der Waals surface area contributed by atoms with E-state index >= 15 is 0 Å². The van der Waals surface area contributed by atoms with Crippen molar-refractivity contribution in [3.63, 3.8) is 0 Å². The van der Waals surface area contributed by atoms with Crippen LogP contribution in [-0.2, 0) is 21.3 Å². The van der Waals surface area contributed by atoms with E-state index < -0.39 is 23.1 Å². The van der Waals surface area contributed by atoms with Gasteiger partial charge in [0.25, 0.3) is 0 Å². The maximum Gasteiger partial charge on any atom is 0.326 e. The molecule has 3 heterocycles. The average Bonchev–Trinajstić information content (AvgIpc) is 3.25. The quantitative estimate of drug-likeness (QED) is 0.317. The second kappa shape index (κ2) is 12.3. The third-order valence-electron chi connectivity index (χ3n) is 8.86. The number of halogens is 2. The molecule has 0 saturated carbocycles. The molecular weight excluding hydrogens is 613 g/mol. The van der Waals surface area contributed by atoms with Gasteiger partial charge in [0.2, 0.25) is 0 Å². The number of hydrogen-bond donors (Lipinski definition) is 2. The molecule has 5 rings (SSSR count). The number of carboxylic acids is 1. The Morgan fingerprint density at radius 3 is 2.20 bits per heavy atom. The highest BCUT2D eigenvalue weighted by Gasteiger charge is 2.60. The van der Waals surface area contributed by atoms with Crippen molar-refractivity contribution in [2.24, 2.45) is 4.99 Å². The summed E-state index contributed by atoms with van der Waals surface area (Å²) < 4.78 is 6.19. The van der Waals surface area contributed by atoms with Crippen LogP contribution in [0, 0.1) is 0 Å². The van der Waals surface area contributed by atoms with E-state index in [1.165, 1.54) is 0 Å². The fourth-order valence-electron chi connectivity index (χ4n) is 6.09. The van der Waals surface area contributed by atoms with Crippen LogP contribution in [0.4, 0.5) is 4.79 Å². The Kier molecular flexibility index (Phi) is 8.92. The van der Waals surface area contributed by atoms with Gasteiger partial charge in [-0.1, -0.05) is 68.2 Å². The highest BCUT2D eigenvalue weighted by Crippen LogP contribution is 2.54. The van der Waals surface area contributed by atoms with Crippen LogP contribution in [0.3, 0.4) is 0 Å². The summed E-state index contributed by atoms with van der Waals surface area (Å²) in [5.74, 6) is -0.0943. The Morgan fingerprint density at radius 2 is 1.64 bits per heavy atom. The smallest absolute Gasteiger partial charge is 0.326 e. The van der Waals surface area contributed by atoms with Crippen molar-refractivity contribution in [2.45, 2.75) is 64.1 Å². The maximum absolute atomic E-state index is 14.9. The van der Waals surface area contributed by atoms with E-state index in [0.717, 1.165) is 16.8 Å². The molecule has 11 heteroatoms. The molecule has 2 aromatic carbocycles. The van der Waals surface area contributed by atoms with Gasteiger partial charge < -0.3 is 20.1 Å². The van der Waals surface area contributed by atoms with E-state index in [0.29, 0.717) is 46.9 Å². The van der Waals surface area contributed by atoms with Crippen LogP contribution in [0.5, 0.6) is 5.75 Å². The molecule has 1 saturated heterocycles. The number of nitrogens with one attached hydrogen (secondary N) is 1. The Bertz CT molecular complexity index is 1620. The van der Waals surface area contributed by atoms with Crippen LogP contribution in [0.1, 0.15) is 63.9 Å². The first-order valence-corrected chi connectivity index (χ1v) is 15.8. The van der Waals surface area contributed by atoms with Crippen molar-refractivity contribution < 1.29 is 19.4 Å². The molecule has 2 amide bonds. The summed E-state index contributed by atoms with van der Waals surface area (Å²) in [6.07, 6.45) is 1.72. The number of aromatic nitrogens is 1. The minimum Gasteiger partial charge on any atom is -0.493 e. The zero-order chi connectivity index (χ0) is 32.7. The molecule has 0 radical (unpaired) electrons. The van der Waals surface area contributed by atoms with Crippen molar-refractivity contribution in [1.29, 1.82) is 0 Å². The van der Waals surface area contributed by atoms with Crippen molar-refractivity contribution in [2.75, 3.05) is 26.2 Å². The van der Waals surface area contributed by atoms with Gasteiger partial charge in [-0.25, -0.2) is 4.79 Å². The highest BCUT2D eigenvalue weighted by molar-refractivity contribution is 6.30. The molecule has 45 heavy (non-hydrogen) atoms. The van der Waals surface area contributed by atoms with Crippen LogP contribution in [0.15, 0.2) is 65.8 Å². The molecule has 2 N–H and O–H groups in total. The van der Waals surface area contributed by atoms with E-state index in [1.54, 1.807) is 28.1 Å². The number of carboxylic acid groups (broad SMARTS) is 1. The number of pyridine rings is 1. The Morgan fingerprint density at radius 1 is 1.04 bits per heavy atom. The van der Waals surface area contributed by atoms with Crippen LogP contribution in [0.25, 0.3) is 0 Å². The van der Waals surface area contributed by atoms with Crippen LogP contribution in [-0.4, -0.2) is 70.0 Å². The van der Waals surface area contributed by atoms with E-state index in [2.05, 4.69) is 26.1 Å². The van der Waals surface area contributed by atoms with Gasteiger partial charge in [-0.3, -0.25) is 19.7 Å². The standard InChI is InChI=1S/C34H39Cl2N5O4/c1-7-45-27-18-28(32(2,3)4)38-19-25(27)29-39-33(5,21-8-12-23(35)13-9-21)34(6,22-10-14-24(36)15-11-22)41(29)31(44)40-17-16-37-26(20-40)30(42)43/h8-15,18-19,26,37H,7,16-17,20H2,1-6H3,(H,42,43)/t26-,33-,34+/m0/s1. The van der Waals surface area contributed by atoms with Gasteiger partial charge in [0.15, 0.2) is 0 Å². The topological polar surface area (TPSA) is 107 Å². The largest absolute Gasteiger partial charge is 0.493 e. The lowest BCUT2D eigenvalue weighted by molar-refractivity contribution is -0.140. The lowest BCUT2D eigenvalue weighted by Gasteiger charge is -2.47. The van der Waals surface area contributed by atoms with Crippen molar-refractivity contribution in [1.82, 2.24) is 20.1 Å². The number of carbonyl (C=O) groups excluding carboxylic acids is 1. The van der Waals surface area contributed by atoms with E-state index in [9.17, 15) is 14.7 Å². The summed E-state index contributed by atoms with van der Waals surface area (Å²) >= 11 is 12.7. The molecule has 0 spiro atoms. The second-order valence-corrected chi connectivity index (χ2v) is 13.6. The fraction of sp³-hybridized carbons (Fsp3) is 0.412. The number of amides is 2. The molecule has 0 unspecified atom stereocenters. The maximum atomic E-state index is 14.9. The van der Waals surface area contributed by atoms with Gasteiger partial charge in [0.1, 0.15) is 28.7 Å². The number of amidine groups is 1. The SMILES string of the molecule is CCOc1cc(C(C)(C)C)ncc1C1=N[C@@](C)(c2ccc(Cl)cc2)[C@@](C)(c2ccc(Cl)cc2)N1C(=O)N1CCN[C@H](C(=O)O)C1. The Balaban J connectivity index is 1.79. The van der Waals surface area contributed by atoms with Crippen molar-refractivity contribution >= 4 is 41.0 Å². The summed E-state index contributed by atoms with van der Waals surface area (Å²) in [4.78, 5) is 40.4. The lowest BCUT2D eigenvalue weighted by Crippen LogP contribution is -2.63. The minimum atomic E-state index is -1.12. The molecule has 3 aromatic rings. The van der Waals surface area contributed by atoms with Gasteiger partial charge >= 0.3 is 12.0 Å². The van der Waals surface area contributed by atoms with Gasteiger partial charge in [-0.15, -0.1) is 0 Å². The highest BCUT2D eigenvalue weighted by atomic mass is 35.5. The van der Waals surface area contributed by atoms with Gasteiger partial charge in [-0.2, -0.15) is 0 Å². The van der Waals surface area contributed by atoms with Crippen molar-refractivity contribution in [3.05, 3.63) is 93.2 Å². The molecule has 2 aliphatic heterocycles. The molecule has 3 atom stereocenters. The number of carbonyl (C=O) groups is 2. The average molecular weight is 653 g/mol. The Labute approximate surface area is 274 Å². The molecule has 1 aromatic heterocycles. The fourth-order valence-corrected chi connectivity index (χ4v) is 6.34. The van der Waals surface area contributed by atoms with Gasteiger partial charge in [-0.05, 0) is 56.2 Å². The monoisotopic (exact) mass is 651 g/mol. The number of rotatable bonds is 6. The van der Waals surface area contributed by atoms with Crippen LogP contribution < -0.4 is 10.1 Å².